The zero-order valence-corrected chi connectivity index (χ0v) is 16.1. The Morgan fingerprint density at radius 2 is 2.23 bits per heavy atom. The summed E-state index contributed by atoms with van der Waals surface area (Å²) in [4.78, 5) is 17.2. The fourth-order valence-electron chi connectivity index (χ4n) is 2.86. The van der Waals surface area contributed by atoms with Gasteiger partial charge in [-0.2, -0.15) is 5.26 Å². The number of benzene rings is 1. The van der Waals surface area contributed by atoms with Crippen LogP contribution in [-0.4, -0.2) is 23.3 Å². The van der Waals surface area contributed by atoms with E-state index in [0.29, 0.717) is 27.0 Å². The average Bonchev–Trinajstić information content (AvgIpc) is 3.08. The van der Waals surface area contributed by atoms with Gasteiger partial charge in [0.05, 0.1) is 23.6 Å². The molecule has 0 spiro atoms. The summed E-state index contributed by atoms with van der Waals surface area (Å²) < 4.78 is 5.25. The lowest BCUT2D eigenvalue weighted by atomic mass is 10.2. The number of hydrogen-bond acceptors (Lipinski definition) is 5. The maximum Gasteiger partial charge on any atom is 0.237 e. The number of nitriles is 1. The quantitative estimate of drug-likeness (QED) is 0.777. The van der Waals surface area contributed by atoms with E-state index in [1.54, 1.807) is 25.1 Å². The second kappa shape index (κ2) is 7.98. The highest BCUT2D eigenvalue weighted by Gasteiger charge is 2.22. The van der Waals surface area contributed by atoms with Crippen molar-refractivity contribution < 1.29 is 9.53 Å². The molecule has 0 saturated carbocycles. The highest BCUT2D eigenvalue weighted by Crippen LogP contribution is 2.32. The van der Waals surface area contributed by atoms with Gasteiger partial charge < -0.3 is 10.1 Å². The zero-order valence-electron chi connectivity index (χ0n) is 14.5. The van der Waals surface area contributed by atoms with E-state index in [2.05, 4.69) is 16.4 Å². The molecule has 3 rings (SSSR count). The summed E-state index contributed by atoms with van der Waals surface area (Å²) in [5.74, 6) is 0.329. The molecule has 1 heterocycles. The van der Waals surface area contributed by atoms with E-state index in [1.807, 2.05) is 6.07 Å². The average molecular weight is 388 g/mol. The molecular weight excluding hydrogens is 370 g/mol. The molecule has 1 aliphatic carbocycles. The Bertz CT molecular complexity index is 895. The van der Waals surface area contributed by atoms with Crippen molar-refractivity contribution in [1.82, 2.24) is 4.98 Å². The molecule has 1 unspecified atom stereocenters. The molecule has 1 N–H and O–H groups in total. The zero-order chi connectivity index (χ0) is 18.7. The van der Waals surface area contributed by atoms with Crippen LogP contribution in [0.25, 0.3) is 0 Å². The Hall–Kier alpha value is -2.23. The number of nitrogens with one attached hydrogen (secondary N) is 1. The first-order valence-corrected chi connectivity index (χ1v) is 9.51. The Labute approximate surface area is 161 Å². The lowest BCUT2D eigenvalue weighted by Gasteiger charge is -2.15. The Morgan fingerprint density at radius 3 is 2.96 bits per heavy atom. The van der Waals surface area contributed by atoms with Crippen molar-refractivity contribution in [2.24, 2.45) is 0 Å². The Morgan fingerprint density at radius 1 is 1.42 bits per heavy atom. The molecule has 2 aromatic rings. The lowest BCUT2D eigenvalue weighted by molar-refractivity contribution is -0.115. The molecule has 0 bridgehead atoms. The number of carbonyl (C=O) groups excluding carboxylic acids is 1. The van der Waals surface area contributed by atoms with E-state index in [0.717, 1.165) is 30.5 Å². The first-order valence-electron chi connectivity index (χ1n) is 8.25. The summed E-state index contributed by atoms with van der Waals surface area (Å²) >= 11 is 7.29. The fraction of sp³-hybridized carbons (Fsp3) is 0.316. The van der Waals surface area contributed by atoms with E-state index >= 15 is 0 Å². The molecule has 0 radical (unpaired) electrons. The van der Waals surface area contributed by atoms with Gasteiger partial charge in [0.1, 0.15) is 16.8 Å². The minimum atomic E-state index is -0.433. The van der Waals surface area contributed by atoms with Crippen LogP contribution < -0.4 is 10.1 Å². The van der Waals surface area contributed by atoms with Crippen LogP contribution in [0.2, 0.25) is 5.02 Å². The van der Waals surface area contributed by atoms with Gasteiger partial charge >= 0.3 is 0 Å². The van der Waals surface area contributed by atoms with Gasteiger partial charge in [0.25, 0.3) is 0 Å². The number of thioether (sulfide) groups is 1. The second-order valence-electron chi connectivity index (χ2n) is 6.01. The maximum atomic E-state index is 12.6. The molecule has 0 fully saturated rings. The van der Waals surface area contributed by atoms with Crippen molar-refractivity contribution >= 4 is 35.0 Å². The summed E-state index contributed by atoms with van der Waals surface area (Å²) in [6, 6.07) is 9.14. The van der Waals surface area contributed by atoms with Gasteiger partial charge in [-0.1, -0.05) is 23.4 Å². The molecule has 1 amide bonds. The third kappa shape index (κ3) is 3.95. The maximum absolute atomic E-state index is 12.6. The van der Waals surface area contributed by atoms with Gasteiger partial charge in [0.15, 0.2) is 0 Å². The van der Waals surface area contributed by atoms with Gasteiger partial charge in [-0.3, -0.25) is 4.79 Å². The number of hydrogen-bond donors (Lipinski definition) is 1. The first kappa shape index (κ1) is 18.6. The fourth-order valence-corrected chi connectivity index (χ4v) is 3.92. The number of carbonyl (C=O) groups is 1. The van der Waals surface area contributed by atoms with Gasteiger partial charge in [-0.15, -0.1) is 0 Å². The molecular formula is C19H18ClN3O2S. The third-order valence-corrected chi connectivity index (χ3v) is 5.55. The molecule has 5 nitrogen and oxygen atoms in total. The predicted molar refractivity (Wildman–Crippen MR) is 103 cm³/mol. The number of aryl methyl sites for hydroxylation is 2. The number of anilines is 1. The van der Waals surface area contributed by atoms with Crippen molar-refractivity contribution in [2.75, 3.05) is 12.4 Å². The van der Waals surface area contributed by atoms with Crippen molar-refractivity contribution in [3.63, 3.8) is 0 Å². The van der Waals surface area contributed by atoms with Crippen molar-refractivity contribution in [3.8, 4) is 11.8 Å². The van der Waals surface area contributed by atoms with Gasteiger partial charge in [0.2, 0.25) is 5.91 Å². The van der Waals surface area contributed by atoms with Gasteiger partial charge in [-0.05, 0) is 56.0 Å². The van der Waals surface area contributed by atoms with Gasteiger partial charge in [-0.25, -0.2) is 4.98 Å². The van der Waals surface area contributed by atoms with Crippen LogP contribution in [-0.2, 0) is 17.6 Å². The van der Waals surface area contributed by atoms with E-state index in [-0.39, 0.29) is 5.91 Å². The smallest absolute Gasteiger partial charge is 0.237 e. The number of nitrogens with zero attached hydrogens (tertiary/aromatic N) is 2. The summed E-state index contributed by atoms with van der Waals surface area (Å²) in [5, 5.41) is 12.9. The highest BCUT2D eigenvalue weighted by molar-refractivity contribution is 8.00. The predicted octanol–water partition coefficient (Wildman–Crippen LogP) is 4.22. The number of ether oxygens (including phenoxy) is 1. The number of amides is 1. The van der Waals surface area contributed by atoms with Crippen LogP contribution >= 0.6 is 23.4 Å². The van der Waals surface area contributed by atoms with Crippen molar-refractivity contribution in [3.05, 3.63) is 46.1 Å². The summed E-state index contributed by atoms with van der Waals surface area (Å²) in [7, 11) is 1.53. The van der Waals surface area contributed by atoms with Crippen LogP contribution in [0.5, 0.6) is 5.75 Å². The largest absolute Gasteiger partial charge is 0.495 e. The first-order chi connectivity index (χ1) is 12.5. The summed E-state index contributed by atoms with van der Waals surface area (Å²) in [6.07, 6.45) is 2.95. The molecule has 26 heavy (non-hydrogen) atoms. The van der Waals surface area contributed by atoms with Crippen LogP contribution in [0.15, 0.2) is 29.3 Å². The molecule has 7 heteroatoms. The topological polar surface area (TPSA) is 75.0 Å². The number of fused-ring (bicyclic) bond motifs is 1. The Kier molecular flexibility index (Phi) is 5.70. The van der Waals surface area contributed by atoms with Crippen LogP contribution in [0, 0.1) is 11.3 Å². The van der Waals surface area contributed by atoms with Crippen molar-refractivity contribution in [1.29, 1.82) is 5.26 Å². The summed E-state index contributed by atoms with van der Waals surface area (Å²) in [5.41, 5.74) is 3.22. The number of rotatable bonds is 5. The Balaban J connectivity index is 1.76. The number of aromatic nitrogens is 1. The molecule has 1 aliphatic rings. The van der Waals surface area contributed by atoms with E-state index in [1.165, 1.54) is 18.9 Å². The molecule has 134 valence electrons. The lowest BCUT2D eigenvalue weighted by Crippen LogP contribution is -2.23. The molecule has 1 aromatic carbocycles. The van der Waals surface area contributed by atoms with Gasteiger partial charge in [0, 0.05) is 10.7 Å². The number of pyridine rings is 1. The standard InChI is InChI=1S/C19H18ClN3O2S/c1-11(18(24)22-16-9-14(20)6-7-17(16)25-2)26-19-13(10-21)8-12-4-3-5-15(12)23-19/h6-9,11H,3-5H2,1-2H3,(H,22,24). The van der Waals surface area contributed by atoms with Crippen LogP contribution in [0.4, 0.5) is 5.69 Å². The summed E-state index contributed by atoms with van der Waals surface area (Å²) in [6.45, 7) is 1.78. The molecule has 1 atom stereocenters. The van der Waals surface area contributed by atoms with Crippen LogP contribution in [0.3, 0.4) is 0 Å². The van der Waals surface area contributed by atoms with Crippen molar-refractivity contribution in [2.45, 2.75) is 36.5 Å². The van der Waals surface area contributed by atoms with E-state index in [4.69, 9.17) is 16.3 Å². The SMILES string of the molecule is COc1ccc(Cl)cc1NC(=O)C(C)Sc1nc2c(cc1C#N)CCC2. The third-order valence-electron chi connectivity index (χ3n) is 4.21. The monoisotopic (exact) mass is 387 g/mol. The normalized spacial score (nSPS) is 13.6. The van der Waals surface area contributed by atoms with E-state index in [9.17, 15) is 10.1 Å². The molecule has 0 saturated heterocycles. The highest BCUT2D eigenvalue weighted by atomic mass is 35.5. The number of methoxy groups -OCH3 is 1. The minimum absolute atomic E-state index is 0.207. The van der Waals surface area contributed by atoms with E-state index < -0.39 is 5.25 Å². The molecule has 0 aliphatic heterocycles. The second-order valence-corrected chi connectivity index (χ2v) is 7.77. The van der Waals surface area contributed by atoms with Crippen LogP contribution in [0.1, 0.15) is 30.2 Å². The molecule has 1 aromatic heterocycles. The number of halogens is 1. The minimum Gasteiger partial charge on any atom is -0.495 e.